The Hall–Kier alpha value is -4.32. The molecule has 0 radical (unpaired) electrons. The van der Waals surface area contributed by atoms with E-state index in [0.717, 1.165) is 19.3 Å². The first-order chi connectivity index (χ1) is 25.8. The third-order valence-electron chi connectivity index (χ3n) is 10.5. The Kier molecular flexibility index (Phi) is 10.2. The highest BCUT2D eigenvalue weighted by Gasteiger charge is 2.18. The van der Waals surface area contributed by atoms with E-state index in [1.54, 1.807) is 0 Å². The highest BCUT2D eigenvalue weighted by atomic mass is 32.1. The molecular formula is C49H44S4. The lowest BCUT2D eigenvalue weighted by molar-refractivity contribution is 1.11. The molecule has 0 aliphatic carbocycles. The zero-order chi connectivity index (χ0) is 36.6. The van der Waals surface area contributed by atoms with Crippen molar-refractivity contribution in [2.45, 2.75) is 60.8 Å². The second kappa shape index (κ2) is 15.2. The normalized spacial score (nSPS) is 11.4. The van der Waals surface area contributed by atoms with E-state index in [0.29, 0.717) is 0 Å². The van der Waals surface area contributed by atoms with E-state index in [4.69, 9.17) is 0 Å². The van der Waals surface area contributed by atoms with E-state index < -0.39 is 0 Å². The largest absolute Gasteiger partial charge is 0.140 e. The van der Waals surface area contributed by atoms with Crippen molar-refractivity contribution in [1.29, 1.82) is 0 Å². The summed E-state index contributed by atoms with van der Waals surface area (Å²) in [5.41, 5.74) is 16.0. The van der Waals surface area contributed by atoms with Crippen LogP contribution in [0.5, 0.6) is 0 Å². The summed E-state index contributed by atoms with van der Waals surface area (Å²) in [7, 11) is 0. The summed E-state index contributed by atoms with van der Waals surface area (Å²) in [6.45, 7) is 13.3. The van der Waals surface area contributed by atoms with Gasteiger partial charge in [-0.1, -0.05) is 81.4 Å². The van der Waals surface area contributed by atoms with Crippen LogP contribution in [-0.2, 0) is 19.3 Å². The first-order valence-corrected chi connectivity index (χ1v) is 21.9. The molecule has 4 aromatic carbocycles. The molecule has 0 spiro atoms. The van der Waals surface area contributed by atoms with Crippen molar-refractivity contribution in [3.8, 4) is 73.1 Å². The molecule has 0 aliphatic rings. The Bertz CT molecular complexity index is 2560. The zero-order valence-corrected chi connectivity index (χ0v) is 34.6. The molecule has 264 valence electrons. The van der Waals surface area contributed by atoms with Gasteiger partial charge in [0.15, 0.2) is 0 Å². The lowest BCUT2D eigenvalue weighted by Crippen LogP contribution is -1.86. The third kappa shape index (κ3) is 7.18. The van der Waals surface area contributed by atoms with Crippen LogP contribution in [0.3, 0.4) is 0 Å². The van der Waals surface area contributed by atoms with Crippen LogP contribution in [-0.4, -0.2) is 0 Å². The number of hydrogen-bond acceptors (Lipinski definition) is 4. The average Bonchev–Trinajstić information content (AvgIpc) is 4.03. The molecule has 0 saturated carbocycles. The molecule has 8 aromatic rings. The molecular weight excluding hydrogens is 717 g/mol. The van der Waals surface area contributed by atoms with Gasteiger partial charge in [-0.25, -0.2) is 0 Å². The summed E-state index contributed by atoms with van der Waals surface area (Å²) < 4.78 is 0. The van der Waals surface area contributed by atoms with Gasteiger partial charge in [-0.05, 0) is 145 Å². The van der Waals surface area contributed by atoms with Crippen LogP contribution in [0.15, 0.2) is 121 Å². The van der Waals surface area contributed by atoms with Crippen LogP contribution in [0.1, 0.15) is 53.5 Å². The van der Waals surface area contributed by atoms with Gasteiger partial charge in [-0.2, -0.15) is 0 Å². The lowest BCUT2D eigenvalue weighted by Gasteiger charge is -2.10. The monoisotopic (exact) mass is 760 g/mol. The Morgan fingerprint density at radius 1 is 0.340 bits per heavy atom. The predicted octanol–water partition coefficient (Wildman–Crippen LogP) is 16.2. The van der Waals surface area contributed by atoms with Crippen LogP contribution in [0, 0.1) is 20.8 Å². The summed E-state index contributed by atoms with van der Waals surface area (Å²) in [6.07, 6.45) is 3.13. The number of benzene rings is 4. The van der Waals surface area contributed by atoms with Crippen molar-refractivity contribution in [2.24, 2.45) is 0 Å². The van der Waals surface area contributed by atoms with E-state index in [1.807, 2.05) is 45.3 Å². The van der Waals surface area contributed by atoms with Crippen LogP contribution in [0.2, 0.25) is 0 Å². The van der Waals surface area contributed by atoms with Crippen molar-refractivity contribution in [3.63, 3.8) is 0 Å². The van der Waals surface area contributed by atoms with Crippen LogP contribution in [0.4, 0.5) is 0 Å². The average molecular weight is 761 g/mol. The minimum atomic E-state index is 1.02. The molecule has 0 amide bonds. The third-order valence-corrected chi connectivity index (χ3v) is 15.3. The zero-order valence-electron chi connectivity index (χ0n) is 31.3. The van der Waals surface area contributed by atoms with Gasteiger partial charge >= 0.3 is 0 Å². The highest BCUT2D eigenvalue weighted by molar-refractivity contribution is 7.20. The summed E-state index contributed by atoms with van der Waals surface area (Å²) in [5.74, 6) is 0. The Morgan fingerprint density at radius 3 is 1.42 bits per heavy atom. The van der Waals surface area contributed by atoms with Crippen molar-refractivity contribution in [1.82, 2.24) is 0 Å². The number of aryl methyl sites for hydroxylation is 6. The number of rotatable bonds is 10. The van der Waals surface area contributed by atoms with Gasteiger partial charge in [-0.15, -0.1) is 45.3 Å². The van der Waals surface area contributed by atoms with E-state index in [2.05, 4.69) is 163 Å². The number of thiophene rings is 4. The van der Waals surface area contributed by atoms with E-state index in [-0.39, 0.29) is 0 Å². The molecule has 4 heterocycles. The van der Waals surface area contributed by atoms with Crippen molar-refractivity contribution in [3.05, 3.63) is 154 Å². The molecule has 4 heteroatoms. The first-order valence-electron chi connectivity index (χ1n) is 18.7. The molecule has 8 rings (SSSR count). The van der Waals surface area contributed by atoms with Crippen molar-refractivity contribution < 1.29 is 0 Å². The van der Waals surface area contributed by atoms with Crippen LogP contribution >= 0.6 is 45.3 Å². The second-order valence-electron chi connectivity index (χ2n) is 13.9. The highest BCUT2D eigenvalue weighted by Crippen LogP contribution is 2.46. The fraction of sp³-hybridized carbons (Fsp3) is 0.184. The summed E-state index contributed by atoms with van der Waals surface area (Å²) >= 11 is 7.62. The standard InChI is InChI=1S/C49H44S4/c1-7-33-12-17-39(41(27-33)48-24-21-43(52-48)35-13-10-30(4)32(6)26-35)47-23-20-45(51-47)37-15-18-40(46-19-16-38(9-3)50-46)42(29-37)49-25-22-44(53-49)36-14-11-31(5)34(8-2)28-36/h10-29H,7-9H2,1-6H3. The van der Waals surface area contributed by atoms with Crippen LogP contribution in [0.25, 0.3) is 73.1 Å². The molecule has 0 aliphatic heterocycles. The van der Waals surface area contributed by atoms with E-state index in [9.17, 15) is 0 Å². The molecule has 0 saturated heterocycles. The molecule has 4 aromatic heterocycles. The van der Waals surface area contributed by atoms with Crippen molar-refractivity contribution >= 4 is 45.3 Å². The number of hydrogen-bond donors (Lipinski definition) is 0. The maximum atomic E-state index is 2.44. The van der Waals surface area contributed by atoms with Gasteiger partial charge in [0.05, 0.1) is 0 Å². The van der Waals surface area contributed by atoms with Gasteiger partial charge < -0.3 is 0 Å². The molecule has 0 N–H and O–H groups in total. The van der Waals surface area contributed by atoms with E-state index >= 15 is 0 Å². The Balaban J connectivity index is 1.18. The maximum absolute atomic E-state index is 2.44. The molecule has 0 nitrogen and oxygen atoms in total. The van der Waals surface area contributed by atoms with Gasteiger partial charge in [0.1, 0.15) is 0 Å². The topological polar surface area (TPSA) is 0 Å². The fourth-order valence-electron chi connectivity index (χ4n) is 7.07. The van der Waals surface area contributed by atoms with Gasteiger partial charge in [0.25, 0.3) is 0 Å². The summed E-state index contributed by atoms with van der Waals surface area (Å²) in [6, 6.07) is 46.5. The smallest absolute Gasteiger partial charge is 0.0356 e. The summed E-state index contributed by atoms with van der Waals surface area (Å²) in [4.78, 5) is 10.6. The Morgan fingerprint density at radius 2 is 0.830 bits per heavy atom. The second-order valence-corrected chi connectivity index (χ2v) is 18.3. The fourth-order valence-corrected chi connectivity index (χ4v) is 11.2. The van der Waals surface area contributed by atoms with E-state index in [1.165, 1.54) is 106 Å². The quantitative estimate of drug-likeness (QED) is 0.130. The lowest BCUT2D eigenvalue weighted by atomic mass is 9.99. The minimum Gasteiger partial charge on any atom is -0.140 e. The van der Waals surface area contributed by atoms with Crippen molar-refractivity contribution in [2.75, 3.05) is 0 Å². The minimum absolute atomic E-state index is 1.02. The maximum Gasteiger partial charge on any atom is 0.0356 e. The SMILES string of the molecule is CCc1ccc(-c2ccc(-c3ccc(-c4ccc(CC)s4)c(-c4ccc(-c5ccc(C)c(CC)c5)s4)c3)s2)c(-c2ccc(-c3ccc(C)c(C)c3)s2)c1. The van der Waals surface area contributed by atoms with Gasteiger partial charge in [0, 0.05) is 61.3 Å². The summed E-state index contributed by atoms with van der Waals surface area (Å²) in [5, 5.41) is 0. The molecule has 53 heavy (non-hydrogen) atoms. The molecule has 0 atom stereocenters. The first kappa shape index (κ1) is 35.7. The van der Waals surface area contributed by atoms with Gasteiger partial charge in [0.2, 0.25) is 0 Å². The Labute approximate surface area is 331 Å². The predicted molar refractivity (Wildman–Crippen MR) is 238 cm³/mol. The molecule has 0 bridgehead atoms. The van der Waals surface area contributed by atoms with Gasteiger partial charge in [-0.3, -0.25) is 0 Å². The molecule has 0 fully saturated rings. The molecule has 0 unspecified atom stereocenters. The van der Waals surface area contributed by atoms with Crippen LogP contribution < -0.4 is 0 Å².